The summed E-state index contributed by atoms with van der Waals surface area (Å²) in [7, 11) is 0. The summed E-state index contributed by atoms with van der Waals surface area (Å²) < 4.78 is 10.5. The van der Waals surface area contributed by atoms with Crippen molar-refractivity contribution in [2.45, 2.75) is 6.54 Å². The topological polar surface area (TPSA) is 47.6 Å². The van der Waals surface area contributed by atoms with Gasteiger partial charge in [0.15, 0.2) is 11.5 Å². The van der Waals surface area contributed by atoms with Crippen LogP contribution >= 0.6 is 11.6 Å². The molecular weight excluding hydrogens is 302 g/mol. The van der Waals surface area contributed by atoms with E-state index in [4.69, 9.17) is 21.1 Å². The van der Waals surface area contributed by atoms with E-state index in [0.717, 1.165) is 16.9 Å². The molecule has 2 aromatic carbocycles. The summed E-state index contributed by atoms with van der Waals surface area (Å²) in [5, 5.41) is 3.46. The van der Waals surface area contributed by atoms with Gasteiger partial charge in [-0.3, -0.25) is 4.79 Å². The summed E-state index contributed by atoms with van der Waals surface area (Å²) in [6.07, 6.45) is 3.22. The summed E-state index contributed by atoms with van der Waals surface area (Å²) in [4.78, 5) is 11.8. The lowest BCUT2D eigenvalue weighted by atomic mass is 10.2. The Morgan fingerprint density at radius 3 is 2.91 bits per heavy atom. The normalized spacial score (nSPS) is 12.6. The van der Waals surface area contributed by atoms with Gasteiger partial charge in [0.2, 0.25) is 12.7 Å². The molecule has 0 spiro atoms. The minimum Gasteiger partial charge on any atom is -0.454 e. The molecule has 0 aromatic heterocycles. The van der Waals surface area contributed by atoms with Gasteiger partial charge in [0.1, 0.15) is 0 Å². The zero-order valence-electron chi connectivity index (χ0n) is 11.7. The third-order valence-electron chi connectivity index (χ3n) is 3.18. The quantitative estimate of drug-likeness (QED) is 0.880. The van der Waals surface area contributed by atoms with Crippen LogP contribution in [0.1, 0.15) is 11.1 Å². The van der Waals surface area contributed by atoms with E-state index in [0.29, 0.717) is 17.3 Å². The van der Waals surface area contributed by atoms with E-state index in [2.05, 4.69) is 5.32 Å². The third-order valence-corrected chi connectivity index (χ3v) is 3.41. The van der Waals surface area contributed by atoms with Crippen molar-refractivity contribution in [1.82, 2.24) is 5.32 Å². The molecule has 1 heterocycles. The molecular formula is C17H14ClNO3. The highest BCUT2D eigenvalue weighted by Crippen LogP contribution is 2.32. The van der Waals surface area contributed by atoms with Gasteiger partial charge >= 0.3 is 0 Å². The first kappa shape index (κ1) is 14.5. The minimum atomic E-state index is -0.169. The van der Waals surface area contributed by atoms with Gasteiger partial charge in [-0.2, -0.15) is 0 Å². The van der Waals surface area contributed by atoms with Crippen molar-refractivity contribution in [2.24, 2.45) is 0 Å². The van der Waals surface area contributed by atoms with Gasteiger partial charge in [-0.15, -0.1) is 0 Å². The molecule has 5 heteroatoms. The van der Waals surface area contributed by atoms with Gasteiger partial charge in [-0.25, -0.2) is 0 Å². The Hall–Kier alpha value is -2.46. The number of ether oxygens (including phenoxy) is 2. The highest BCUT2D eigenvalue weighted by atomic mass is 35.5. The van der Waals surface area contributed by atoms with Crippen LogP contribution in [0.2, 0.25) is 5.02 Å². The Labute approximate surface area is 133 Å². The average Bonchev–Trinajstić information content (AvgIpc) is 2.98. The highest BCUT2D eigenvalue weighted by molar-refractivity contribution is 6.30. The predicted octanol–water partition coefficient (Wildman–Crippen LogP) is 3.40. The molecule has 0 atom stereocenters. The van der Waals surface area contributed by atoms with Crippen molar-refractivity contribution < 1.29 is 14.3 Å². The molecule has 1 aliphatic heterocycles. The number of hydrogen-bond donors (Lipinski definition) is 1. The predicted molar refractivity (Wildman–Crippen MR) is 84.9 cm³/mol. The first-order valence-corrected chi connectivity index (χ1v) is 7.18. The molecule has 0 radical (unpaired) electrons. The second kappa shape index (κ2) is 6.54. The van der Waals surface area contributed by atoms with Crippen LogP contribution in [0.4, 0.5) is 0 Å². The van der Waals surface area contributed by atoms with Gasteiger partial charge in [0.05, 0.1) is 0 Å². The Balaban J connectivity index is 1.57. The standard InChI is InChI=1S/C17H14ClNO3/c18-14-3-1-2-13(8-14)10-19-17(20)7-5-12-4-6-15-16(9-12)22-11-21-15/h1-9H,10-11H2,(H,19,20)/b7-5+. The number of nitrogens with one attached hydrogen (secondary N) is 1. The Kier molecular flexibility index (Phi) is 4.30. The molecule has 0 bridgehead atoms. The van der Waals surface area contributed by atoms with Crippen LogP contribution in [0.3, 0.4) is 0 Å². The average molecular weight is 316 g/mol. The fourth-order valence-corrected chi connectivity index (χ4v) is 2.30. The summed E-state index contributed by atoms with van der Waals surface area (Å²) >= 11 is 5.90. The van der Waals surface area contributed by atoms with Gasteiger partial charge in [-0.05, 0) is 41.5 Å². The molecule has 0 unspecified atom stereocenters. The molecule has 112 valence electrons. The Morgan fingerprint density at radius 2 is 2.05 bits per heavy atom. The molecule has 4 nitrogen and oxygen atoms in total. The summed E-state index contributed by atoms with van der Waals surface area (Å²) in [6.45, 7) is 0.674. The lowest BCUT2D eigenvalue weighted by Gasteiger charge is -2.03. The number of fused-ring (bicyclic) bond motifs is 1. The Bertz CT molecular complexity index is 728. The molecule has 3 rings (SSSR count). The van der Waals surface area contributed by atoms with E-state index in [1.807, 2.05) is 36.4 Å². The number of carbonyl (C=O) groups excluding carboxylic acids is 1. The summed E-state index contributed by atoms with van der Waals surface area (Å²) in [5.74, 6) is 1.25. The zero-order valence-corrected chi connectivity index (χ0v) is 12.5. The van der Waals surface area contributed by atoms with Crippen molar-refractivity contribution in [3.05, 3.63) is 64.7 Å². The molecule has 22 heavy (non-hydrogen) atoms. The van der Waals surface area contributed by atoms with Gasteiger partial charge in [0, 0.05) is 17.6 Å². The van der Waals surface area contributed by atoms with Gasteiger partial charge < -0.3 is 14.8 Å². The van der Waals surface area contributed by atoms with Crippen LogP contribution < -0.4 is 14.8 Å². The van der Waals surface area contributed by atoms with Crippen LogP contribution in [0.25, 0.3) is 6.08 Å². The van der Waals surface area contributed by atoms with Crippen molar-refractivity contribution in [3.63, 3.8) is 0 Å². The lowest BCUT2D eigenvalue weighted by Crippen LogP contribution is -2.20. The van der Waals surface area contributed by atoms with Crippen LogP contribution in [0.15, 0.2) is 48.5 Å². The fourth-order valence-electron chi connectivity index (χ4n) is 2.08. The van der Waals surface area contributed by atoms with Crippen molar-refractivity contribution in [2.75, 3.05) is 6.79 Å². The number of halogens is 1. The molecule has 0 fully saturated rings. The molecule has 0 aliphatic carbocycles. The van der Waals surface area contributed by atoms with E-state index in [1.165, 1.54) is 6.08 Å². The molecule has 2 aromatic rings. The number of carbonyl (C=O) groups is 1. The van der Waals surface area contributed by atoms with E-state index in [9.17, 15) is 4.79 Å². The van der Waals surface area contributed by atoms with Gasteiger partial charge in [-0.1, -0.05) is 29.8 Å². The molecule has 0 saturated heterocycles. The largest absolute Gasteiger partial charge is 0.454 e. The van der Waals surface area contributed by atoms with E-state index in [-0.39, 0.29) is 12.7 Å². The number of rotatable bonds is 4. The van der Waals surface area contributed by atoms with Crippen molar-refractivity contribution in [1.29, 1.82) is 0 Å². The molecule has 1 amide bonds. The van der Waals surface area contributed by atoms with Crippen LogP contribution in [0, 0.1) is 0 Å². The molecule has 1 aliphatic rings. The van der Waals surface area contributed by atoms with Crippen molar-refractivity contribution >= 4 is 23.6 Å². The lowest BCUT2D eigenvalue weighted by molar-refractivity contribution is -0.116. The molecule has 1 N–H and O–H groups in total. The van der Waals surface area contributed by atoms with E-state index < -0.39 is 0 Å². The number of amides is 1. The zero-order chi connectivity index (χ0) is 15.4. The summed E-state index contributed by atoms with van der Waals surface area (Å²) in [6, 6.07) is 12.9. The van der Waals surface area contributed by atoms with Crippen LogP contribution in [-0.2, 0) is 11.3 Å². The van der Waals surface area contributed by atoms with E-state index >= 15 is 0 Å². The summed E-state index contributed by atoms with van der Waals surface area (Å²) in [5.41, 5.74) is 1.83. The fraction of sp³-hybridized carbons (Fsp3) is 0.118. The second-order valence-corrected chi connectivity index (χ2v) is 5.23. The second-order valence-electron chi connectivity index (χ2n) is 4.79. The van der Waals surface area contributed by atoms with Crippen molar-refractivity contribution in [3.8, 4) is 11.5 Å². The third kappa shape index (κ3) is 3.59. The number of hydrogen-bond acceptors (Lipinski definition) is 3. The molecule has 0 saturated carbocycles. The number of benzene rings is 2. The SMILES string of the molecule is O=C(/C=C/c1ccc2c(c1)OCO2)NCc1cccc(Cl)c1. The maximum Gasteiger partial charge on any atom is 0.244 e. The maximum atomic E-state index is 11.8. The first-order chi connectivity index (χ1) is 10.7. The highest BCUT2D eigenvalue weighted by Gasteiger charge is 2.12. The Morgan fingerprint density at radius 1 is 1.18 bits per heavy atom. The van der Waals surface area contributed by atoms with Gasteiger partial charge in [0.25, 0.3) is 0 Å². The first-order valence-electron chi connectivity index (χ1n) is 6.81. The monoisotopic (exact) mass is 315 g/mol. The maximum absolute atomic E-state index is 11.8. The minimum absolute atomic E-state index is 0.169. The van der Waals surface area contributed by atoms with E-state index in [1.54, 1.807) is 12.1 Å². The smallest absolute Gasteiger partial charge is 0.244 e. The van der Waals surface area contributed by atoms with Crippen LogP contribution in [-0.4, -0.2) is 12.7 Å². The van der Waals surface area contributed by atoms with Crippen LogP contribution in [0.5, 0.6) is 11.5 Å².